The molecule has 0 fully saturated rings. The molecule has 56 valence electrons. The number of H-pyrrole nitrogens is 1. The maximum absolute atomic E-state index is 5.48. The Balaban J connectivity index is 2.49. The van der Waals surface area contributed by atoms with Gasteiger partial charge in [-0.05, 0) is 6.92 Å². The number of aromatic nitrogens is 2. The normalized spacial score (nSPS) is 10.1. The molecule has 0 aliphatic heterocycles. The van der Waals surface area contributed by atoms with Crippen LogP contribution in [-0.4, -0.2) is 16.8 Å². The van der Waals surface area contributed by atoms with E-state index in [-0.39, 0.29) is 0 Å². The SMILES string of the molecule is CCOCc1cn[nH]c1N. The fourth-order valence-corrected chi connectivity index (χ4v) is 0.648. The first-order chi connectivity index (χ1) is 4.84. The van der Waals surface area contributed by atoms with Crippen LogP contribution in [0.1, 0.15) is 12.5 Å². The molecule has 10 heavy (non-hydrogen) atoms. The van der Waals surface area contributed by atoms with Crippen molar-refractivity contribution < 1.29 is 4.74 Å². The molecule has 0 bridgehead atoms. The third-order valence-electron chi connectivity index (χ3n) is 1.21. The summed E-state index contributed by atoms with van der Waals surface area (Å²) in [4.78, 5) is 0. The van der Waals surface area contributed by atoms with Crippen LogP contribution in [0.2, 0.25) is 0 Å². The number of anilines is 1. The molecule has 0 spiro atoms. The number of nitrogens with zero attached hydrogens (tertiary/aromatic N) is 1. The number of nitrogens with two attached hydrogens (primary N) is 1. The number of hydrogen-bond acceptors (Lipinski definition) is 3. The summed E-state index contributed by atoms with van der Waals surface area (Å²) in [6.45, 7) is 3.18. The molecule has 0 atom stereocenters. The smallest absolute Gasteiger partial charge is 0.124 e. The number of aromatic amines is 1. The second-order valence-electron chi connectivity index (χ2n) is 1.95. The molecule has 0 unspecified atom stereocenters. The lowest BCUT2D eigenvalue weighted by Crippen LogP contribution is -1.94. The van der Waals surface area contributed by atoms with Gasteiger partial charge >= 0.3 is 0 Å². The first-order valence-corrected chi connectivity index (χ1v) is 3.20. The van der Waals surface area contributed by atoms with Gasteiger partial charge in [0, 0.05) is 12.2 Å². The highest BCUT2D eigenvalue weighted by molar-refractivity contribution is 5.35. The van der Waals surface area contributed by atoms with Gasteiger partial charge in [0.15, 0.2) is 0 Å². The zero-order valence-electron chi connectivity index (χ0n) is 5.92. The van der Waals surface area contributed by atoms with E-state index in [4.69, 9.17) is 10.5 Å². The highest BCUT2D eigenvalue weighted by Crippen LogP contribution is 2.06. The van der Waals surface area contributed by atoms with Gasteiger partial charge in [-0.25, -0.2) is 0 Å². The quantitative estimate of drug-likeness (QED) is 0.645. The van der Waals surface area contributed by atoms with Gasteiger partial charge in [0.2, 0.25) is 0 Å². The lowest BCUT2D eigenvalue weighted by atomic mass is 10.3. The summed E-state index contributed by atoms with van der Waals surface area (Å²) in [7, 11) is 0. The Morgan fingerprint density at radius 3 is 3.10 bits per heavy atom. The monoisotopic (exact) mass is 141 g/mol. The molecule has 0 aromatic carbocycles. The molecule has 1 aromatic heterocycles. The van der Waals surface area contributed by atoms with Crippen molar-refractivity contribution in [2.75, 3.05) is 12.3 Å². The van der Waals surface area contributed by atoms with Crippen LogP contribution in [-0.2, 0) is 11.3 Å². The van der Waals surface area contributed by atoms with Crippen LogP contribution >= 0.6 is 0 Å². The van der Waals surface area contributed by atoms with Gasteiger partial charge in [-0.15, -0.1) is 0 Å². The molecular formula is C6H11N3O. The molecule has 0 saturated heterocycles. The minimum atomic E-state index is 0.541. The number of hydrogen-bond donors (Lipinski definition) is 2. The van der Waals surface area contributed by atoms with Crippen molar-refractivity contribution in [2.45, 2.75) is 13.5 Å². The van der Waals surface area contributed by atoms with Crippen molar-refractivity contribution in [3.63, 3.8) is 0 Å². The maximum atomic E-state index is 5.48. The van der Waals surface area contributed by atoms with Crippen LogP contribution in [0, 0.1) is 0 Å². The Kier molecular flexibility index (Phi) is 2.28. The van der Waals surface area contributed by atoms with Gasteiger partial charge in [-0.2, -0.15) is 5.10 Å². The van der Waals surface area contributed by atoms with E-state index >= 15 is 0 Å². The van der Waals surface area contributed by atoms with Crippen LogP contribution in [0.15, 0.2) is 6.20 Å². The van der Waals surface area contributed by atoms with E-state index in [0.717, 1.165) is 5.56 Å². The molecule has 0 aliphatic carbocycles. The van der Waals surface area contributed by atoms with Crippen molar-refractivity contribution in [1.82, 2.24) is 10.2 Å². The second-order valence-corrected chi connectivity index (χ2v) is 1.95. The first-order valence-electron chi connectivity index (χ1n) is 3.20. The largest absolute Gasteiger partial charge is 0.384 e. The molecule has 1 heterocycles. The zero-order valence-corrected chi connectivity index (χ0v) is 5.92. The second kappa shape index (κ2) is 3.22. The average Bonchev–Trinajstić information content (AvgIpc) is 2.31. The Morgan fingerprint density at radius 1 is 1.80 bits per heavy atom. The number of rotatable bonds is 3. The van der Waals surface area contributed by atoms with E-state index in [1.165, 1.54) is 0 Å². The van der Waals surface area contributed by atoms with E-state index in [0.29, 0.717) is 19.0 Å². The summed E-state index contributed by atoms with van der Waals surface area (Å²) in [5.41, 5.74) is 6.40. The molecule has 0 aliphatic rings. The predicted molar refractivity (Wildman–Crippen MR) is 38.3 cm³/mol. The lowest BCUT2D eigenvalue weighted by Gasteiger charge is -1.96. The topological polar surface area (TPSA) is 63.9 Å². The summed E-state index contributed by atoms with van der Waals surface area (Å²) < 4.78 is 5.12. The molecule has 4 heteroatoms. The van der Waals surface area contributed by atoms with E-state index in [9.17, 15) is 0 Å². The number of nitrogens with one attached hydrogen (secondary N) is 1. The fraction of sp³-hybridized carbons (Fsp3) is 0.500. The van der Waals surface area contributed by atoms with E-state index < -0.39 is 0 Å². The van der Waals surface area contributed by atoms with Gasteiger partial charge in [-0.3, -0.25) is 5.10 Å². The molecule has 0 saturated carbocycles. The van der Waals surface area contributed by atoms with Crippen molar-refractivity contribution in [3.05, 3.63) is 11.8 Å². The Bertz CT molecular complexity index is 197. The number of nitrogen functional groups attached to an aromatic ring is 1. The van der Waals surface area contributed by atoms with Crippen molar-refractivity contribution >= 4 is 5.82 Å². The molecule has 3 N–H and O–H groups in total. The first kappa shape index (κ1) is 7.08. The number of ether oxygens (including phenoxy) is 1. The molecule has 1 aromatic rings. The van der Waals surface area contributed by atoms with Crippen LogP contribution in [0.3, 0.4) is 0 Å². The van der Waals surface area contributed by atoms with E-state index in [2.05, 4.69) is 10.2 Å². The van der Waals surface area contributed by atoms with Crippen molar-refractivity contribution in [1.29, 1.82) is 0 Å². The predicted octanol–water partition coefficient (Wildman–Crippen LogP) is 0.528. The van der Waals surface area contributed by atoms with Gasteiger partial charge in [-0.1, -0.05) is 0 Å². The highest BCUT2D eigenvalue weighted by atomic mass is 16.5. The summed E-state index contributed by atoms with van der Waals surface area (Å²) in [6.07, 6.45) is 1.67. The minimum absolute atomic E-state index is 0.541. The lowest BCUT2D eigenvalue weighted by molar-refractivity contribution is 0.134. The van der Waals surface area contributed by atoms with Crippen LogP contribution in [0.4, 0.5) is 5.82 Å². The van der Waals surface area contributed by atoms with E-state index in [1.54, 1.807) is 6.20 Å². The van der Waals surface area contributed by atoms with Gasteiger partial charge in [0.05, 0.1) is 12.8 Å². The molecule has 0 radical (unpaired) electrons. The molecule has 1 rings (SSSR count). The third-order valence-corrected chi connectivity index (χ3v) is 1.21. The highest BCUT2D eigenvalue weighted by Gasteiger charge is 1.98. The minimum Gasteiger partial charge on any atom is -0.384 e. The van der Waals surface area contributed by atoms with Crippen molar-refractivity contribution in [3.8, 4) is 0 Å². The van der Waals surface area contributed by atoms with Crippen LogP contribution in [0.5, 0.6) is 0 Å². The summed E-state index contributed by atoms with van der Waals surface area (Å²) >= 11 is 0. The standard InChI is InChI=1S/C6H11N3O/c1-2-10-4-5-3-8-9-6(5)7/h3H,2,4H2,1H3,(H3,7,8,9). The molecule has 4 nitrogen and oxygen atoms in total. The Labute approximate surface area is 59.4 Å². The summed E-state index contributed by atoms with van der Waals surface area (Å²) in [5, 5.41) is 6.37. The van der Waals surface area contributed by atoms with Crippen LogP contribution in [0.25, 0.3) is 0 Å². The van der Waals surface area contributed by atoms with Crippen LogP contribution < -0.4 is 5.73 Å². The zero-order chi connectivity index (χ0) is 7.40. The molecular weight excluding hydrogens is 130 g/mol. The van der Waals surface area contributed by atoms with Gasteiger partial charge < -0.3 is 10.5 Å². The van der Waals surface area contributed by atoms with Gasteiger partial charge in [0.1, 0.15) is 5.82 Å². The summed E-state index contributed by atoms with van der Waals surface area (Å²) in [5.74, 6) is 0.591. The third kappa shape index (κ3) is 1.48. The Hall–Kier alpha value is -1.03. The Morgan fingerprint density at radius 2 is 2.60 bits per heavy atom. The van der Waals surface area contributed by atoms with E-state index in [1.807, 2.05) is 6.92 Å². The maximum Gasteiger partial charge on any atom is 0.124 e. The van der Waals surface area contributed by atoms with Gasteiger partial charge in [0.25, 0.3) is 0 Å². The average molecular weight is 141 g/mol. The molecule has 0 amide bonds. The fourth-order valence-electron chi connectivity index (χ4n) is 0.648. The summed E-state index contributed by atoms with van der Waals surface area (Å²) in [6, 6.07) is 0. The van der Waals surface area contributed by atoms with Crippen molar-refractivity contribution in [2.24, 2.45) is 0 Å².